The molecule has 0 unspecified atom stereocenters. The maximum absolute atomic E-state index is 13.8. The molecule has 2 aromatic rings. The third-order valence-corrected chi connectivity index (χ3v) is 8.91. The van der Waals surface area contributed by atoms with E-state index < -0.39 is 15.9 Å². The number of amides is 2. The van der Waals surface area contributed by atoms with Crippen molar-refractivity contribution >= 4 is 43.5 Å². The number of fused-ring (bicyclic) bond motifs is 1. The number of carbonyl (C=O) groups excluding carboxylic acids is 2. The zero-order chi connectivity index (χ0) is 25.2. The van der Waals surface area contributed by atoms with Crippen LogP contribution in [-0.2, 0) is 32.6 Å². The van der Waals surface area contributed by atoms with Gasteiger partial charge in [0.05, 0.1) is 18.7 Å². The van der Waals surface area contributed by atoms with E-state index >= 15 is 0 Å². The average Bonchev–Trinajstić information content (AvgIpc) is 3.30. The van der Waals surface area contributed by atoms with E-state index in [-0.39, 0.29) is 23.3 Å². The fourth-order valence-corrected chi connectivity index (χ4v) is 7.18. The Bertz CT molecular complexity index is 1230. The van der Waals surface area contributed by atoms with Crippen molar-refractivity contribution in [2.45, 2.75) is 44.0 Å². The molecule has 2 aliphatic rings. The lowest BCUT2D eigenvalue weighted by Crippen LogP contribution is -2.45. The Hall–Kier alpha value is -2.43. The van der Waals surface area contributed by atoms with Crippen LogP contribution in [0.3, 0.4) is 0 Å². The number of benzene rings is 2. The fraction of sp³-hybridized carbons (Fsp3) is 0.440. The Morgan fingerprint density at radius 3 is 2.74 bits per heavy atom. The number of nitrogens with zero attached hydrogens (tertiary/aromatic N) is 2. The number of piperidine rings is 1. The molecule has 1 saturated heterocycles. The van der Waals surface area contributed by atoms with E-state index in [9.17, 15) is 18.0 Å². The van der Waals surface area contributed by atoms with Gasteiger partial charge in [0.2, 0.25) is 21.8 Å². The topological polar surface area (TPSA) is 96.0 Å². The molecule has 4 rings (SSSR count). The van der Waals surface area contributed by atoms with Crippen LogP contribution >= 0.6 is 15.9 Å². The summed E-state index contributed by atoms with van der Waals surface area (Å²) in [5.41, 5.74) is 2.22. The summed E-state index contributed by atoms with van der Waals surface area (Å²) in [6.45, 7) is 3.02. The van der Waals surface area contributed by atoms with Crippen LogP contribution in [0.2, 0.25) is 0 Å². The molecular weight excluding hydrogens is 534 g/mol. The lowest BCUT2D eigenvalue weighted by Gasteiger charge is -2.32. The van der Waals surface area contributed by atoms with Crippen LogP contribution in [0.15, 0.2) is 45.8 Å². The van der Waals surface area contributed by atoms with Crippen molar-refractivity contribution in [2.75, 3.05) is 31.6 Å². The van der Waals surface area contributed by atoms with Crippen molar-refractivity contribution in [3.05, 3.63) is 52.0 Å². The van der Waals surface area contributed by atoms with Gasteiger partial charge in [0.15, 0.2) is 0 Å². The highest BCUT2D eigenvalue weighted by atomic mass is 79.9. The van der Waals surface area contributed by atoms with Gasteiger partial charge in [0, 0.05) is 37.1 Å². The van der Waals surface area contributed by atoms with Gasteiger partial charge >= 0.3 is 0 Å². The number of rotatable bonds is 7. The van der Waals surface area contributed by atoms with Crippen molar-refractivity contribution in [1.82, 2.24) is 9.62 Å². The van der Waals surface area contributed by atoms with E-state index in [1.807, 2.05) is 30.3 Å². The Morgan fingerprint density at radius 2 is 2.00 bits per heavy atom. The van der Waals surface area contributed by atoms with Crippen molar-refractivity contribution < 1.29 is 22.7 Å². The van der Waals surface area contributed by atoms with E-state index in [4.69, 9.17) is 4.74 Å². The van der Waals surface area contributed by atoms with Crippen molar-refractivity contribution in [3.63, 3.8) is 0 Å². The molecule has 0 radical (unpaired) electrons. The molecule has 1 fully saturated rings. The fourth-order valence-electron chi connectivity index (χ4n) is 4.74. The third-order valence-electron chi connectivity index (χ3n) is 6.57. The van der Waals surface area contributed by atoms with E-state index in [1.165, 1.54) is 4.31 Å². The van der Waals surface area contributed by atoms with Gasteiger partial charge < -0.3 is 15.0 Å². The molecule has 0 saturated carbocycles. The minimum absolute atomic E-state index is 0.101. The maximum atomic E-state index is 13.8. The van der Waals surface area contributed by atoms with Crippen LogP contribution in [0.25, 0.3) is 0 Å². The summed E-state index contributed by atoms with van der Waals surface area (Å²) in [6.07, 6.45) is 2.11. The molecule has 0 aromatic heterocycles. The Balaban J connectivity index is 1.52. The summed E-state index contributed by atoms with van der Waals surface area (Å²) in [6, 6.07) is 10.9. The first-order valence-corrected chi connectivity index (χ1v) is 14.0. The molecule has 1 N–H and O–H groups in total. The van der Waals surface area contributed by atoms with Gasteiger partial charge in [-0.25, -0.2) is 8.42 Å². The zero-order valence-corrected chi connectivity index (χ0v) is 22.3. The van der Waals surface area contributed by atoms with E-state index in [1.54, 1.807) is 25.0 Å². The summed E-state index contributed by atoms with van der Waals surface area (Å²) in [5, 5.41) is 2.94. The lowest BCUT2D eigenvalue weighted by molar-refractivity contribution is -0.126. The number of sulfonamides is 1. The molecule has 2 aliphatic heterocycles. The average molecular weight is 565 g/mol. The molecule has 35 heavy (non-hydrogen) atoms. The molecule has 0 aliphatic carbocycles. The number of anilines is 1. The van der Waals surface area contributed by atoms with Crippen molar-refractivity contribution in [2.24, 2.45) is 5.92 Å². The highest BCUT2D eigenvalue weighted by molar-refractivity contribution is 9.10. The molecule has 10 heteroatoms. The highest BCUT2D eigenvalue weighted by Gasteiger charge is 2.38. The third kappa shape index (κ3) is 5.39. The number of hydrogen-bond donors (Lipinski definition) is 1. The number of hydrogen-bond acceptors (Lipinski definition) is 5. The van der Waals surface area contributed by atoms with Crippen LogP contribution in [-0.4, -0.2) is 51.3 Å². The molecule has 8 nitrogen and oxygen atoms in total. The van der Waals surface area contributed by atoms with Crippen molar-refractivity contribution in [3.8, 4) is 5.75 Å². The smallest absolute Gasteiger partial charge is 0.245 e. The minimum Gasteiger partial charge on any atom is -0.497 e. The number of methoxy groups -OCH3 is 1. The number of carbonyl (C=O) groups is 2. The van der Waals surface area contributed by atoms with Crippen LogP contribution in [0, 0.1) is 5.92 Å². The molecule has 0 spiro atoms. The second-order valence-corrected chi connectivity index (χ2v) is 11.7. The monoisotopic (exact) mass is 563 g/mol. The molecule has 0 bridgehead atoms. The SMILES string of the molecule is CCC(=O)N1CCc2cc(Br)cc(S(=O)(=O)N3CCC[C@H](C(=O)NCc4cccc(OC)c4)C3)c21. The van der Waals surface area contributed by atoms with Crippen LogP contribution < -0.4 is 15.0 Å². The van der Waals surface area contributed by atoms with Gasteiger partial charge in [-0.05, 0) is 54.7 Å². The molecule has 2 amide bonds. The van der Waals surface area contributed by atoms with Crippen LogP contribution in [0.5, 0.6) is 5.75 Å². The number of ether oxygens (including phenoxy) is 1. The Kier molecular flexibility index (Phi) is 7.83. The molecule has 2 heterocycles. The zero-order valence-electron chi connectivity index (χ0n) is 19.9. The van der Waals surface area contributed by atoms with Gasteiger partial charge in [0.1, 0.15) is 10.6 Å². The molecular formula is C25H30BrN3O5S. The lowest BCUT2D eigenvalue weighted by atomic mass is 9.99. The minimum atomic E-state index is -3.91. The van der Waals surface area contributed by atoms with E-state index in [0.717, 1.165) is 11.1 Å². The Morgan fingerprint density at radius 1 is 1.20 bits per heavy atom. The Labute approximate surface area is 214 Å². The van der Waals surface area contributed by atoms with Crippen LogP contribution in [0.4, 0.5) is 5.69 Å². The first kappa shape index (κ1) is 25.7. The van der Waals surface area contributed by atoms with E-state index in [0.29, 0.717) is 61.2 Å². The second-order valence-electron chi connectivity index (χ2n) is 8.83. The summed E-state index contributed by atoms with van der Waals surface area (Å²) in [4.78, 5) is 27.2. The first-order valence-electron chi connectivity index (χ1n) is 11.8. The molecule has 188 valence electrons. The number of nitrogens with one attached hydrogen (secondary N) is 1. The van der Waals surface area contributed by atoms with Gasteiger partial charge in [-0.3, -0.25) is 9.59 Å². The normalized spacial score (nSPS) is 18.3. The molecule has 1 atom stereocenters. The summed E-state index contributed by atoms with van der Waals surface area (Å²) in [7, 11) is -2.32. The van der Waals surface area contributed by atoms with E-state index in [2.05, 4.69) is 21.2 Å². The predicted octanol–water partition coefficient (Wildman–Crippen LogP) is 3.47. The standard InChI is InChI=1S/C25H30BrN3O5S/c1-3-23(30)29-11-9-18-13-20(26)14-22(24(18)29)35(32,33)28-10-5-7-19(16-28)25(31)27-15-17-6-4-8-21(12-17)34-2/h4,6,8,12-14,19H,3,5,7,9-11,15-16H2,1-2H3,(H,27,31)/t19-/m0/s1. The number of halogens is 1. The molecule has 2 aromatic carbocycles. The second kappa shape index (κ2) is 10.7. The first-order chi connectivity index (χ1) is 16.7. The van der Waals surface area contributed by atoms with Gasteiger partial charge in [-0.15, -0.1) is 0 Å². The summed E-state index contributed by atoms with van der Waals surface area (Å²) >= 11 is 3.43. The van der Waals surface area contributed by atoms with Crippen LogP contribution in [0.1, 0.15) is 37.3 Å². The van der Waals surface area contributed by atoms with Gasteiger partial charge in [0.25, 0.3) is 0 Å². The quantitative estimate of drug-likeness (QED) is 0.556. The summed E-state index contributed by atoms with van der Waals surface area (Å²) in [5.74, 6) is -0.00695. The van der Waals surface area contributed by atoms with Gasteiger partial charge in [-0.2, -0.15) is 4.31 Å². The predicted molar refractivity (Wildman–Crippen MR) is 137 cm³/mol. The highest BCUT2D eigenvalue weighted by Crippen LogP contribution is 2.39. The largest absolute Gasteiger partial charge is 0.497 e. The maximum Gasteiger partial charge on any atom is 0.245 e. The summed E-state index contributed by atoms with van der Waals surface area (Å²) < 4.78 is 34.9. The van der Waals surface area contributed by atoms with Gasteiger partial charge in [-0.1, -0.05) is 35.0 Å². The van der Waals surface area contributed by atoms with Crippen molar-refractivity contribution in [1.29, 1.82) is 0 Å².